The SMILES string of the molecule is C[C@H](OCC(=O)O)C1=CCC2C3=CC=C4C[C@@H](O)C[C@H](O)[C@]4(C)C3CC[C@]12C. The Morgan fingerprint density at radius 3 is 2.75 bits per heavy atom. The van der Waals surface area contributed by atoms with Crippen molar-refractivity contribution < 1.29 is 24.9 Å². The number of carbonyl (C=O) groups is 1. The number of hydrogen-bond acceptors (Lipinski definition) is 4. The van der Waals surface area contributed by atoms with Crippen LogP contribution < -0.4 is 0 Å². The van der Waals surface area contributed by atoms with E-state index in [9.17, 15) is 15.0 Å². The lowest BCUT2D eigenvalue weighted by Gasteiger charge is -2.56. The molecule has 5 heteroatoms. The molecular formula is C23H32O5. The van der Waals surface area contributed by atoms with Crippen molar-refractivity contribution in [3.05, 3.63) is 34.9 Å². The van der Waals surface area contributed by atoms with Crippen LogP contribution in [0.1, 0.15) is 52.9 Å². The summed E-state index contributed by atoms with van der Waals surface area (Å²) in [6, 6.07) is 0. The van der Waals surface area contributed by atoms with Gasteiger partial charge in [0.2, 0.25) is 0 Å². The molecule has 7 atom stereocenters. The quantitative estimate of drug-likeness (QED) is 0.644. The molecule has 2 unspecified atom stereocenters. The zero-order chi connectivity index (χ0) is 20.3. The lowest BCUT2D eigenvalue weighted by molar-refractivity contribution is -0.143. The maximum Gasteiger partial charge on any atom is 0.329 e. The normalized spacial score (nSPS) is 43.1. The molecule has 4 aliphatic carbocycles. The lowest BCUT2D eigenvalue weighted by Crippen LogP contribution is -2.52. The van der Waals surface area contributed by atoms with Crippen molar-refractivity contribution in [2.24, 2.45) is 22.7 Å². The molecule has 0 aromatic carbocycles. The van der Waals surface area contributed by atoms with Gasteiger partial charge in [-0.3, -0.25) is 0 Å². The fourth-order valence-corrected chi connectivity index (χ4v) is 6.58. The Morgan fingerprint density at radius 2 is 2.04 bits per heavy atom. The third-order valence-corrected chi connectivity index (χ3v) is 8.19. The number of rotatable bonds is 4. The topological polar surface area (TPSA) is 87.0 Å². The molecule has 28 heavy (non-hydrogen) atoms. The molecule has 0 radical (unpaired) electrons. The standard InChI is InChI=1S/C23H32O5/c1-13(28-12-21(26)27)17-6-7-18-16-5-4-14-10-15(24)11-20(25)23(14,3)19(16)8-9-22(17,18)2/h4-6,13,15,18-20,24-25H,7-12H2,1-3H3,(H,26,27)/t13-,15+,18?,19?,20-,22+,23-/m0/s1. The number of carboxylic acids is 1. The monoisotopic (exact) mass is 388 g/mol. The molecular weight excluding hydrogens is 356 g/mol. The molecule has 0 aromatic rings. The van der Waals surface area contributed by atoms with Crippen LogP contribution in [0, 0.1) is 22.7 Å². The maximum atomic E-state index is 10.9. The van der Waals surface area contributed by atoms with E-state index in [0.29, 0.717) is 24.7 Å². The van der Waals surface area contributed by atoms with E-state index in [0.717, 1.165) is 19.3 Å². The first-order chi connectivity index (χ1) is 13.2. The van der Waals surface area contributed by atoms with E-state index >= 15 is 0 Å². The van der Waals surface area contributed by atoms with E-state index in [1.165, 1.54) is 16.7 Å². The van der Waals surface area contributed by atoms with Gasteiger partial charge in [0.15, 0.2) is 0 Å². The maximum absolute atomic E-state index is 10.9. The van der Waals surface area contributed by atoms with Crippen molar-refractivity contribution in [3.63, 3.8) is 0 Å². The van der Waals surface area contributed by atoms with Crippen molar-refractivity contribution in [2.75, 3.05) is 6.61 Å². The summed E-state index contributed by atoms with van der Waals surface area (Å²) in [5.41, 5.74) is 3.49. The molecule has 5 nitrogen and oxygen atoms in total. The van der Waals surface area contributed by atoms with Crippen LogP contribution >= 0.6 is 0 Å². The smallest absolute Gasteiger partial charge is 0.329 e. The summed E-state index contributed by atoms with van der Waals surface area (Å²) in [5, 5.41) is 30.0. The summed E-state index contributed by atoms with van der Waals surface area (Å²) in [6.07, 6.45) is 9.49. The van der Waals surface area contributed by atoms with E-state index < -0.39 is 18.2 Å². The summed E-state index contributed by atoms with van der Waals surface area (Å²) in [5.74, 6) is -0.271. The van der Waals surface area contributed by atoms with E-state index in [-0.39, 0.29) is 23.5 Å². The zero-order valence-electron chi connectivity index (χ0n) is 17.0. The predicted molar refractivity (Wildman–Crippen MR) is 106 cm³/mol. The molecule has 0 saturated heterocycles. The number of aliphatic hydroxyl groups is 2. The van der Waals surface area contributed by atoms with Gasteiger partial charge in [0.05, 0.1) is 18.3 Å². The number of hydrogen-bond donors (Lipinski definition) is 3. The van der Waals surface area contributed by atoms with E-state index in [2.05, 4.69) is 32.1 Å². The molecule has 154 valence electrons. The number of carboxylic acid groups (broad SMARTS) is 1. The average Bonchev–Trinajstić information content (AvgIpc) is 2.98. The molecule has 2 fully saturated rings. The highest BCUT2D eigenvalue weighted by Gasteiger charge is 2.57. The molecule has 0 aromatic heterocycles. The van der Waals surface area contributed by atoms with Crippen LogP contribution in [0.3, 0.4) is 0 Å². The van der Waals surface area contributed by atoms with Crippen LogP contribution in [-0.4, -0.2) is 46.2 Å². The molecule has 3 N–H and O–H groups in total. The summed E-state index contributed by atoms with van der Waals surface area (Å²) in [6.45, 7) is 6.15. The van der Waals surface area contributed by atoms with Crippen molar-refractivity contribution in [3.8, 4) is 0 Å². The Morgan fingerprint density at radius 1 is 1.29 bits per heavy atom. The Bertz CT molecular complexity index is 765. The van der Waals surface area contributed by atoms with Crippen molar-refractivity contribution in [1.29, 1.82) is 0 Å². The Balaban J connectivity index is 1.62. The van der Waals surface area contributed by atoms with E-state index in [1.807, 2.05) is 6.92 Å². The zero-order valence-corrected chi connectivity index (χ0v) is 17.0. The molecule has 0 heterocycles. The summed E-state index contributed by atoms with van der Waals surface area (Å²) in [4.78, 5) is 10.9. The van der Waals surface area contributed by atoms with Crippen LogP contribution in [0.5, 0.6) is 0 Å². The first kappa shape index (κ1) is 19.9. The van der Waals surface area contributed by atoms with Gasteiger partial charge in [0, 0.05) is 11.8 Å². The van der Waals surface area contributed by atoms with Gasteiger partial charge in [0.1, 0.15) is 6.61 Å². The van der Waals surface area contributed by atoms with Gasteiger partial charge >= 0.3 is 5.97 Å². The van der Waals surface area contributed by atoms with Crippen LogP contribution in [0.15, 0.2) is 34.9 Å². The molecule has 0 amide bonds. The second-order valence-corrected chi connectivity index (χ2v) is 9.55. The third-order valence-electron chi connectivity index (χ3n) is 8.19. The fraction of sp³-hybridized carbons (Fsp3) is 0.696. The van der Waals surface area contributed by atoms with Crippen LogP contribution in [0.4, 0.5) is 0 Å². The highest BCUT2D eigenvalue weighted by molar-refractivity contribution is 5.68. The summed E-state index contributed by atoms with van der Waals surface area (Å²) < 4.78 is 5.61. The second kappa shape index (κ2) is 6.82. The fourth-order valence-electron chi connectivity index (χ4n) is 6.58. The Kier molecular flexibility index (Phi) is 4.84. The van der Waals surface area contributed by atoms with Crippen LogP contribution in [0.25, 0.3) is 0 Å². The Hall–Kier alpha value is -1.43. The van der Waals surface area contributed by atoms with Gasteiger partial charge in [-0.1, -0.05) is 43.2 Å². The predicted octanol–water partition coefficient (Wildman–Crippen LogP) is 3.23. The van der Waals surface area contributed by atoms with Gasteiger partial charge < -0.3 is 20.1 Å². The first-order valence-electron chi connectivity index (χ1n) is 10.5. The minimum absolute atomic E-state index is 0.0267. The molecule has 4 aliphatic rings. The highest BCUT2D eigenvalue weighted by atomic mass is 16.5. The number of fused-ring (bicyclic) bond motifs is 5. The minimum Gasteiger partial charge on any atom is -0.480 e. The van der Waals surface area contributed by atoms with Crippen LogP contribution in [0.2, 0.25) is 0 Å². The third kappa shape index (κ3) is 2.82. The van der Waals surface area contributed by atoms with Crippen molar-refractivity contribution in [1.82, 2.24) is 0 Å². The average molecular weight is 389 g/mol. The van der Waals surface area contributed by atoms with Crippen molar-refractivity contribution in [2.45, 2.75) is 71.2 Å². The number of aliphatic hydroxyl groups excluding tert-OH is 2. The molecule has 0 spiro atoms. The molecule has 4 rings (SSSR count). The highest BCUT2D eigenvalue weighted by Crippen LogP contribution is 2.63. The summed E-state index contributed by atoms with van der Waals surface area (Å²) in [7, 11) is 0. The number of aliphatic carboxylic acids is 1. The van der Waals surface area contributed by atoms with E-state index in [1.54, 1.807) is 0 Å². The molecule has 2 saturated carbocycles. The van der Waals surface area contributed by atoms with Gasteiger partial charge in [0.25, 0.3) is 0 Å². The Labute approximate surface area is 166 Å². The first-order valence-corrected chi connectivity index (χ1v) is 10.5. The van der Waals surface area contributed by atoms with Crippen molar-refractivity contribution >= 4 is 5.97 Å². The number of ether oxygens (including phenoxy) is 1. The number of allylic oxidation sites excluding steroid dienone is 4. The van der Waals surface area contributed by atoms with Crippen LogP contribution in [-0.2, 0) is 9.53 Å². The molecule has 0 aliphatic heterocycles. The van der Waals surface area contributed by atoms with Gasteiger partial charge in [-0.2, -0.15) is 0 Å². The van der Waals surface area contributed by atoms with E-state index in [4.69, 9.17) is 9.84 Å². The van der Waals surface area contributed by atoms with Gasteiger partial charge in [-0.05, 0) is 55.4 Å². The second-order valence-electron chi connectivity index (χ2n) is 9.55. The summed E-state index contributed by atoms with van der Waals surface area (Å²) >= 11 is 0. The molecule has 0 bridgehead atoms. The van der Waals surface area contributed by atoms with Gasteiger partial charge in [-0.25, -0.2) is 4.79 Å². The van der Waals surface area contributed by atoms with Gasteiger partial charge in [-0.15, -0.1) is 0 Å². The minimum atomic E-state index is -0.940. The lowest BCUT2D eigenvalue weighted by atomic mass is 9.49. The largest absolute Gasteiger partial charge is 0.480 e.